The predicted octanol–water partition coefficient (Wildman–Crippen LogP) is 0.664. The van der Waals surface area contributed by atoms with Crippen molar-refractivity contribution in [1.82, 2.24) is 9.21 Å². The van der Waals surface area contributed by atoms with E-state index in [-0.39, 0.29) is 22.8 Å². The first kappa shape index (κ1) is 19.9. The summed E-state index contributed by atoms with van der Waals surface area (Å²) < 4.78 is 38.3. The molecular formula is C18H27N3O5S. The number of amides is 1. The van der Waals surface area contributed by atoms with Crippen molar-refractivity contribution in [2.75, 3.05) is 39.9 Å². The Morgan fingerprint density at radius 2 is 1.89 bits per heavy atom. The molecule has 9 heteroatoms. The molecule has 3 rings (SSSR count). The monoisotopic (exact) mass is 397 g/mol. The molecule has 0 radical (unpaired) electrons. The van der Waals surface area contributed by atoms with Crippen molar-refractivity contribution in [2.24, 2.45) is 11.7 Å². The Balaban J connectivity index is 1.67. The smallest absolute Gasteiger partial charge is 0.243 e. The van der Waals surface area contributed by atoms with Gasteiger partial charge in [-0.3, -0.25) is 4.79 Å². The number of hydrogen-bond acceptors (Lipinski definition) is 6. The molecule has 2 aliphatic rings. The summed E-state index contributed by atoms with van der Waals surface area (Å²) in [6.07, 6.45) is 1.01. The van der Waals surface area contributed by atoms with Gasteiger partial charge in [-0.2, -0.15) is 4.31 Å². The van der Waals surface area contributed by atoms with E-state index in [2.05, 4.69) is 0 Å². The number of hydrogen-bond donors (Lipinski definition) is 1. The highest BCUT2D eigenvalue weighted by Crippen LogP contribution is 2.34. The van der Waals surface area contributed by atoms with Gasteiger partial charge >= 0.3 is 0 Å². The van der Waals surface area contributed by atoms with Crippen molar-refractivity contribution in [2.45, 2.75) is 30.7 Å². The van der Waals surface area contributed by atoms with E-state index in [1.165, 1.54) is 16.4 Å². The quantitative estimate of drug-likeness (QED) is 0.783. The molecule has 2 N–H and O–H groups in total. The lowest BCUT2D eigenvalue weighted by Crippen LogP contribution is -2.47. The highest BCUT2D eigenvalue weighted by Gasteiger charge is 2.34. The van der Waals surface area contributed by atoms with Crippen LogP contribution in [0.1, 0.15) is 19.8 Å². The van der Waals surface area contributed by atoms with Crippen molar-refractivity contribution in [3.8, 4) is 11.5 Å². The van der Waals surface area contributed by atoms with Crippen LogP contribution in [-0.4, -0.2) is 69.5 Å². The predicted molar refractivity (Wildman–Crippen MR) is 100 cm³/mol. The van der Waals surface area contributed by atoms with Gasteiger partial charge in [-0.25, -0.2) is 8.42 Å². The fourth-order valence-electron chi connectivity index (χ4n) is 3.34. The van der Waals surface area contributed by atoms with Gasteiger partial charge < -0.3 is 20.1 Å². The zero-order valence-corrected chi connectivity index (χ0v) is 16.6. The Labute approximate surface area is 160 Å². The minimum atomic E-state index is -3.63. The fraction of sp³-hybridized carbons (Fsp3) is 0.611. The van der Waals surface area contributed by atoms with Gasteiger partial charge in [-0.05, 0) is 31.9 Å². The van der Waals surface area contributed by atoms with Crippen LogP contribution < -0.4 is 15.2 Å². The first-order valence-electron chi connectivity index (χ1n) is 9.21. The Bertz CT molecular complexity index is 790. The van der Waals surface area contributed by atoms with E-state index >= 15 is 0 Å². The van der Waals surface area contributed by atoms with Crippen LogP contribution in [-0.2, 0) is 14.8 Å². The average molecular weight is 397 g/mol. The van der Waals surface area contributed by atoms with Crippen LogP contribution in [0.5, 0.6) is 11.5 Å². The Morgan fingerprint density at radius 3 is 2.52 bits per heavy atom. The molecule has 2 heterocycles. The van der Waals surface area contributed by atoms with Crippen molar-refractivity contribution in [3.63, 3.8) is 0 Å². The molecule has 1 amide bonds. The van der Waals surface area contributed by atoms with Crippen molar-refractivity contribution in [1.29, 1.82) is 0 Å². The van der Waals surface area contributed by atoms with Crippen LogP contribution in [0.3, 0.4) is 0 Å². The number of piperidine rings is 1. The maximum absolute atomic E-state index is 13.0. The third kappa shape index (κ3) is 4.04. The number of ether oxygens (including phenoxy) is 2. The SMILES string of the molecule is CC(CN)N(C)C(=O)C1CCN(S(=O)(=O)c2ccc3c(c2)OCCO3)CC1. The minimum absolute atomic E-state index is 0.0306. The zero-order valence-electron chi connectivity index (χ0n) is 15.8. The molecule has 1 atom stereocenters. The number of carbonyl (C=O) groups is 1. The third-order valence-electron chi connectivity index (χ3n) is 5.30. The van der Waals surface area contributed by atoms with Gasteiger partial charge in [0, 0.05) is 44.7 Å². The standard InChI is InChI=1S/C18H27N3O5S/c1-13(12-19)20(2)18(22)14-5-7-21(8-6-14)27(23,24)15-3-4-16-17(11-15)26-10-9-25-16/h3-4,11,13-14H,5-10,12,19H2,1-2H3. The molecule has 0 spiro atoms. The molecule has 1 aromatic carbocycles. The number of likely N-dealkylation sites (N-methyl/N-ethyl adjacent to an activating group) is 1. The maximum atomic E-state index is 13.0. The molecule has 0 aliphatic carbocycles. The lowest BCUT2D eigenvalue weighted by Gasteiger charge is -2.34. The number of sulfonamides is 1. The van der Waals surface area contributed by atoms with E-state index in [1.807, 2.05) is 6.92 Å². The van der Waals surface area contributed by atoms with Crippen LogP contribution in [0.15, 0.2) is 23.1 Å². The van der Waals surface area contributed by atoms with E-state index in [0.717, 1.165) is 0 Å². The summed E-state index contributed by atoms with van der Waals surface area (Å²) in [4.78, 5) is 14.4. The average Bonchev–Trinajstić information content (AvgIpc) is 2.71. The summed E-state index contributed by atoms with van der Waals surface area (Å²) in [5, 5.41) is 0. The van der Waals surface area contributed by atoms with Gasteiger partial charge in [0.2, 0.25) is 15.9 Å². The first-order chi connectivity index (χ1) is 12.8. The molecule has 8 nitrogen and oxygen atoms in total. The number of fused-ring (bicyclic) bond motifs is 1. The highest BCUT2D eigenvalue weighted by atomic mass is 32.2. The summed E-state index contributed by atoms with van der Waals surface area (Å²) in [6.45, 7) is 3.80. The van der Waals surface area contributed by atoms with Gasteiger partial charge in [-0.1, -0.05) is 0 Å². The Hall–Kier alpha value is -1.84. The van der Waals surface area contributed by atoms with E-state index in [1.54, 1.807) is 18.0 Å². The van der Waals surface area contributed by atoms with Crippen LogP contribution in [0.25, 0.3) is 0 Å². The molecule has 0 bridgehead atoms. The molecule has 1 unspecified atom stereocenters. The number of nitrogens with zero attached hydrogens (tertiary/aromatic N) is 2. The van der Waals surface area contributed by atoms with Gasteiger partial charge in [-0.15, -0.1) is 0 Å². The lowest BCUT2D eigenvalue weighted by molar-refractivity contribution is -0.137. The Kier molecular flexibility index (Phi) is 5.92. The largest absolute Gasteiger partial charge is 0.486 e. The number of nitrogens with two attached hydrogens (primary N) is 1. The molecular weight excluding hydrogens is 370 g/mol. The molecule has 150 valence electrons. The van der Waals surface area contributed by atoms with Crippen molar-refractivity contribution < 1.29 is 22.7 Å². The molecule has 2 aliphatic heterocycles. The maximum Gasteiger partial charge on any atom is 0.243 e. The number of carbonyl (C=O) groups excluding carboxylic acids is 1. The Morgan fingerprint density at radius 1 is 1.26 bits per heavy atom. The molecule has 27 heavy (non-hydrogen) atoms. The summed E-state index contributed by atoms with van der Waals surface area (Å²) in [6, 6.07) is 4.65. The second-order valence-corrected chi connectivity index (χ2v) is 8.96. The molecule has 0 aromatic heterocycles. The summed E-state index contributed by atoms with van der Waals surface area (Å²) in [5.74, 6) is 0.867. The normalized spacial score (nSPS) is 19.5. The fourth-order valence-corrected chi connectivity index (χ4v) is 4.83. The van der Waals surface area contributed by atoms with Gasteiger partial charge in [0.05, 0.1) is 4.90 Å². The van der Waals surface area contributed by atoms with Crippen LogP contribution in [0, 0.1) is 5.92 Å². The summed E-state index contributed by atoms with van der Waals surface area (Å²) >= 11 is 0. The van der Waals surface area contributed by atoms with Crippen molar-refractivity contribution in [3.05, 3.63) is 18.2 Å². The topological polar surface area (TPSA) is 102 Å². The van der Waals surface area contributed by atoms with Gasteiger partial charge in [0.1, 0.15) is 13.2 Å². The van der Waals surface area contributed by atoms with E-state index in [9.17, 15) is 13.2 Å². The summed E-state index contributed by atoms with van der Waals surface area (Å²) in [5.41, 5.74) is 5.63. The zero-order chi connectivity index (χ0) is 19.6. The van der Waals surface area contributed by atoms with E-state index < -0.39 is 10.0 Å². The third-order valence-corrected chi connectivity index (χ3v) is 7.20. The van der Waals surface area contributed by atoms with Crippen LogP contribution in [0.4, 0.5) is 0 Å². The summed E-state index contributed by atoms with van der Waals surface area (Å²) in [7, 11) is -1.88. The van der Waals surface area contributed by atoms with Crippen LogP contribution >= 0.6 is 0 Å². The molecule has 1 saturated heterocycles. The number of benzene rings is 1. The van der Waals surface area contributed by atoms with Gasteiger partial charge in [0.15, 0.2) is 11.5 Å². The lowest BCUT2D eigenvalue weighted by atomic mass is 9.96. The second kappa shape index (κ2) is 8.04. The van der Waals surface area contributed by atoms with E-state index in [4.69, 9.17) is 15.2 Å². The van der Waals surface area contributed by atoms with Gasteiger partial charge in [0.25, 0.3) is 0 Å². The van der Waals surface area contributed by atoms with Crippen LogP contribution in [0.2, 0.25) is 0 Å². The van der Waals surface area contributed by atoms with Crippen molar-refractivity contribution >= 4 is 15.9 Å². The highest BCUT2D eigenvalue weighted by molar-refractivity contribution is 7.89. The molecule has 1 aromatic rings. The molecule has 0 saturated carbocycles. The first-order valence-corrected chi connectivity index (χ1v) is 10.6. The number of rotatable bonds is 5. The second-order valence-electron chi connectivity index (χ2n) is 7.02. The van der Waals surface area contributed by atoms with E-state index in [0.29, 0.717) is 57.2 Å². The molecule has 1 fully saturated rings. The minimum Gasteiger partial charge on any atom is -0.486 e.